The molecule has 0 aliphatic heterocycles. The molecule has 2 heteroatoms. The van der Waals surface area contributed by atoms with E-state index in [2.05, 4.69) is 98.3 Å². The van der Waals surface area contributed by atoms with Gasteiger partial charge in [-0.15, -0.1) is 11.3 Å². The molecule has 0 spiro atoms. The van der Waals surface area contributed by atoms with Crippen LogP contribution in [0.1, 0.15) is 25.0 Å². The van der Waals surface area contributed by atoms with Gasteiger partial charge in [0.2, 0.25) is 0 Å². The first kappa shape index (κ1) is 16.7. The van der Waals surface area contributed by atoms with Crippen LogP contribution < -0.4 is 0 Å². The van der Waals surface area contributed by atoms with Crippen molar-refractivity contribution >= 4 is 53.3 Å². The average molecular weight is 404 g/mol. The zero-order chi connectivity index (χ0) is 20.2. The molecule has 0 N–H and O–H groups in total. The fraction of sp³-hybridized carbons (Fsp3) is 0.143. The van der Waals surface area contributed by atoms with Crippen LogP contribution in [0.2, 0.25) is 0 Å². The summed E-state index contributed by atoms with van der Waals surface area (Å²) in [4.78, 5) is 0. The second kappa shape index (κ2) is 5.33. The average Bonchev–Trinajstić information content (AvgIpc) is 3.34. The molecule has 144 valence electrons. The van der Waals surface area contributed by atoms with Crippen molar-refractivity contribution in [1.82, 2.24) is 4.57 Å². The van der Waals surface area contributed by atoms with Crippen LogP contribution in [0.5, 0.6) is 0 Å². The Morgan fingerprint density at radius 1 is 0.700 bits per heavy atom. The fourth-order valence-electron chi connectivity index (χ4n) is 5.72. The quantitative estimate of drug-likeness (QED) is 0.242. The Morgan fingerprint density at radius 2 is 1.50 bits per heavy atom. The SMILES string of the molecule is Cn1c2cc3sc4ccccc4c3cc2c2ccc3c(c21)-c1ccccc1C3(C)C. The Hall–Kier alpha value is -3.10. The predicted octanol–water partition coefficient (Wildman–Crippen LogP) is 8.01. The highest BCUT2D eigenvalue weighted by Gasteiger charge is 2.37. The lowest BCUT2D eigenvalue weighted by molar-refractivity contribution is 0.660. The van der Waals surface area contributed by atoms with Gasteiger partial charge in [-0.25, -0.2) is 0 Å². The smallest absolute Gasteiger partial charge is 0.0571 e. The zero-order valence-corrected chi connectivity index (χ0v) is 18.1. The summed E-state index contributed by atoms with van der Waals surface area (Å²) in [5.41, 5.74) is 8.40. The van der Waals surface area contributed by atoms with Crippen molar-refractivity contribution in [3.63, 3.8) is 0 Å². The number of thiophene rings is 1. The number of hydrogen-bond donors (Lipinski definition) is 0. The van der Waals surface area contributed by atoms with E-state index in [0.717, 1.165) is 0 Å². The number of rotatable bonds is 0. The molecule has 1 aliphatic carbocycles. The molecule has 6 aromatic rings. The van der Waals surface area contributed by atoms with E-state index in [9.17, 15) is 0 Å². The van der Waals surface area contributed by atoms with Gasteiger partial charge in [0, 0.05) is 49.0 Å². The summed E-state index contributed by atoms with van der Waals surface area (Å²) in [7, 11) is 2.23. The molecule has 30 heavy (non-hydrogen) atoms. The van der Waals surface area contributed by atoms with Gasteiger partial charge < -0.3 is 4.57 Å². The van der Waals surface area contributed by atoms with Gasteiger partial charge in [-0.05, 0) is 34.9 Å². The Kier molecular flexibility index (Phi) is 2.96. The van der Waals surface area contributed by atoms with Crippen molar-refractivity contribution in [2.75, 3.05) is 0 Å². The molecule has 2 heterocycles. The van der Waals surface area contributed by atoms with Gasteiger partial charge in [0.15, 0.2) is 0 Å². The summed E-state index contributed by atoms with van der Waals surface area (Å²) in [6.07, 6.45) is 0. The third-order valence-electron chi connectivity index (χ3n) is 7.20. The summed E-state index contributed by atoms with van der Waals surface area (Å²) in [6, 6.07) is 27.2. The van der Waals surface area contributed by atoms with Crippen molar-refractivity contribution in [3.8, 4) is 11.1 Å². The van der Waals surface area contributed by atoms with E-state index in [1.54, 1.807) is 0 Å². The van der Waals surface area contributed by atoms with Crippen LogP contribution in [0, 0.1) is 0 Å². The number of benzene rings is 4. The molecule has 0 amide bonds. The van der Waals surface area contributed by atoms with Crippen molar-refractivity contribution < 1.29 is 0 Å². The molecule has 1 aliphatic rings. The standard InChI is InChI=1S/C28H21NS/c1-28(2)21-10-6-4-9-18(21)26-22(28)13-12-17-19-14-20-16-8-5-7-11-24(16)30-25(20)15-23(19)29(3)27(17)26/h4-15H,1-3H3. The fourth-order valence-corrected chi connectivity index (χ4v) is 6.84. The van der Waals surface area contributed by atoms with Crippen molar-refractivity contribution in [3.05, 3.63) is 83.9 Å². The molecule has 0 bridgehead atoms. The Morgan fingerprint density at radius 3 is 2.40 bits per heavy atom. The van der Waals surface area contributed by atoms with E-state index in [0.29, 0.717) is 0 Å². The molecule has 0 saturated carbocycles. The maximum Gasteiger partial charge on any atom is 0.0571 e. The molecule has 1 nitrogen and oxygen atoms in total. The maximum absolute atomic E-state index is 2.42. The molecule has 0 saturated heterocycles. The highest BCUT2D eigenvalue weighted by molar-refractivity contribution is 7.25. The number of aromatic nitrogens is 1. The molecular weight excluding hydrogens is 382 g/mol. The van der Waals surface area contributed by atoms with E-state index < -0.39 is 0 Å². The molecule has 0 fully saturated rings. The monoisotopic (exact) mass is 403 g/mol. The van der Waals surface area contributed by atoms with Crippen LogP contribution in [-0.4, -0.2) is 4.57 Å². The van der Waals surface area contributed by atoms with Gasteiger partial charge in [0.25, 0.3) is 0 Å². The van der Waals surface area contributed by atoms with Crippen LogP contribution in [0.15, 0.2) is 72.8 Å². The Bertz CT molecular complexity index is 1680. The maximum atomic E-state index is 2.42. The van der Waals surface area contributed by atoms with E-state index in [1.807, 2.05) is 11.3 Å². The van der Waals surface area contributed by atoms with Crippen LogP contribution in [0.4, 0.5) is 0 Å². The van der Waals surface area contributed by atoms with E-state index in [4.69, 9.17) is 0 Å². The van der Waals surface area contributed by atoms with E-state index >= 15 is 0 Å². The van der Waals surface area contributed by atoms with Gasteiger partial charge in [-0.2, -0.15) is 0 Å². The first-order valence-electron chi connectivity index (χ1n) is 10.5. The van der Waals surface area contributed by atoms with Crippen molar-refractivity contribution in [2.24, 2.45) is 7.05 Å². The number of nitrogens with zero attached hydrogens (tertiary/aromatic N) is 1. The van der Waals surface area contributed by atoms with Crippen molar-refractivity contribution in [1.29, 1.82) is 0 Å². The first-order valence-corrected chi connectivity index (χ1v) is 11.3. The van der Waals surface area contributed by atoms with Gasteiger partial charge in [-0.1, -0.05) is 68.4 Å². The van der Waals surface area contributed by atoms with Crippen LogP contribution in [0.3, 0.4) is 0 Å². The molecule has 0 radical (unpaired) electrons. The van der Waals surface area contributed by atoms with Gasteiger partial charge >= 0.3 is 0 Å². The minimum Gasteiger partial charge on any atom is -0.343 e. The van der Waals surface area contributed by atoms with Crippen LogP contribution in [0.25, 0.3) is 53.1 Å². The van der Waals surface area contributed by atoms with Gasteiger partial charge in [-0.3, -0.25) is 0 Å². The molecular formula is C28H21NS. The Balaban J connectivity index is 1.68. The predicted molar refractivity (Wildman–Crippen MR) is 131 cm³/mol. The lowest BCUT2D eigenvalue weighted by Gasteiger charge is -2.21. The van der Waals surface area contributed by atoms with Crippen molar-refractivity contribution in [2.45, 2.75) is 19.3 Å². The first-order chi connectivity index (χ1) is 14.6. The summed E-state index contributed by atoms with van der Waals surface area (Å²) in [6.45, 7) is 4.71. The highest BCUT2D eigenvalue weighted by atomic mass is 32.1. The second-order valence-corrected chi connectivity index (χ2v) is 10.2. The van der Waals surface area contributed by atoms with Gasteiger partial charge in [0.05, 0.1) is 11.0 Å². The largest absolute Gasteiger partial charge is 0.343 e. The summed E-state index contributed by atoms with van der Waals surface area (Å²) < 4.78 is 5.15. The van der Waals surface area contributed by atoms with Gasteiger partial charge in [0.1, 0.15) is 0 Å². The minimum atomic E-state index is 0.0348. The molecule has 7 rings (SSSR count). The third kappa shape index (κ3) is 1.84. The molecule has 0 unspecified atom stereocenters. The third-order valence-corrected chi connectivity index (χ3v) is 8.34. The van der Waals surface area contributed by atoms with Crippen LogP contribution in [-0.2, 0) is 12.5 Å². The van der Waals surface area contributed by atoms with Crippen LogP contribution >= 0.6 is 11.3 Å². The lowest BCUT2D eigenvalue weighted by atomic mass is 9.82. The number of aryl methyl sites for hydroxylation is 1. The normalized spacial score (nSPS) is 14.8. The van der Waals surface area contributed by atoms with E-state index in [1.165, 1.54) is 64.2 Å². The highest BCUT2D eigenvalue weighted by Crippen LogP contribution is 2.52. The second-order valence-electron chi connectivity index (χ2n) is 9.08. The summed E-state index contributed by atoms with van der Waals surface area (Å²) in [5.74, 6) is 0. The Labute approximate surface area is 179 Å². The minimum absolute atomic E-state index is 0.0348. The lowest BCUT2D eigenvalue weighted by Crippen LogP contribution is -2.14. The molecule has 4 aromatic carbocycles. The number of hydrogen-bond acceptors (Lipinski definition) is 1. The summed E-state index contributed by atoms with van der Waals surface area (Å²) >= 11 is 1.90. The molecule has 0 atom stereocenters. The zero-order valence-electron chi connectivity index (χ0n) is 17.3. The topological polar surface area (TPSA) is 4.93 Å². The number of fused-ring (bicyclic) bond motifs is 10. The van der Waals surface area contributed by atoms with E-state index in [-0.39, 0.29) is 5.41 Å². The summed E-state index contributed by atoms with van der Waals surface area (Å²) in [5, 5.41) is 5.45. The molecule has 2 aromatic heterocycles.